The lowest BCUT2D eigenvalue weighted by atomic mass is 10.0. The molecule has 122 valence electrons. The van der Waals surface area contributed by atoms with Crippen LogP contribution in [0.15, 0.2) is 48.5 Å². The van der Waals surface area contributed by atoms with Crippen molar-refractivity contribution in [2.75, 3.05) is 11.9 Å². The molecule has 0 bridgehead atoms. The van der Waals surface area contributed by atoms with Crippen molar-refractivity contribution >= 4 is 17.4 Å². The molecule has 1 aliphatic rings. The molecule has 2 heterocycles. The first kappa shape index (κ1) is 15.3. The Morgan fingerprint density at radius 2 is 1.88 bits per heavy atom. The molecule has 0 radical (unpaired) electrons. The van der Waals surface area contributed by atoms with Crippen LogP contribution in [0.5, 0.6) is 0 Å². The molecule has 3 aromatic rings. The molecule has 0 spiro atoms. The maximum atomic E-state index is 6.34. The van der Waals surface area contributed by atoms with E-state index in [0.29, 0.717) is 0 Å². The second-order valence-corrected chi connectivity index (χ2v) is 6.63. The third-order valence-electron chi connectivity index (χ3n) is 4.64. The predicted molar refractivity (Wildman–Crippen MR) is 100 cm³/mol. The van der Waals surface area contributed by atoms with Gasteiger partial charge in [-0.05, 0) is 43.9 Å². The molecule has 4 rings (SSSR count). The van der Waals surface area contributed by atoms with Crippen LogP contribution in [0.25, 0.3) is 16.9 Å². The second-order valence-electron chi connectivity index (χ2n) is 6.22. The molecule has 4 heteroatoms. The first-order valence-electron chi connectivity index (χ1n) is 8.42. The number of nitrogens with zero attached hydrogens (tertiary/aromatic N) is 2. The van der Waals surface area contributed by atoms with Gasteiger partial charge in [-0.25, -0.2) is 4.68 Å². The van der Waals surface area contributed by atoms with Crippen molar-refractivity contribution in [3.63, 3.8) is 0 Å². The number of aromatic nitrogens is 2. The smallest absolute Gasteiger partial charge is 0.133 e. The van der Waals surface area contributed by atoms with Crippen molar-refractivity contribution in [3.05, 3.63) is 64.7 Å². The second kappa shape index (κ2) is 6.33. The maximum absolute atomic E-state index is 6.34. The molecule has 0 amide bonds. The highest BCUT2D eigenvalue weighted by atomic mass is 35.5. The Bertz CT molecular complexity index is 868. The molecule has 0 saturated heterocycles. The normalized spacial score (nSPS) is 13.9. The summed E-state index contributed by atoms with van der Waals surface area (Å²) in [7, 11) is 0. The van der Waals surface area contributed by atoms with E-state index in [4.69, 9.17) is 16.7 Å². The number of rotatable bonds is 2. The minimum absolute atomic E-state index is 0.770. The van der Waals surface area contributed by atoms with Crippen LogP contribution in [0.4, 0.5) is 5.82 Å². The lowest BCUT2D eigenvalue weighted by Gasteiger charge is -2.12. The zero-order valence-corrected chi connectivity index (χ0v) is 14.5. The average molecular weight is 338 g/mol. The summed E-state index contributed by atoms with van der Waals surface area (Å²) in [6, 6.07) is 16.4. The lowest BCUT2D eigenvalue weighted by molar-refractivity contribution is 0.779. The fraction of sp³-hybridized carbons (Fsp3) is 0.250. The zero-order chi connectivity index (χ0) is 16.5. The van der Waals surface area contributed by atoms with Crippen LogP contribution in [0, 0.1) is 6.92 Å². The van der Waals surface area contributed by atoms with Crippen molar-refractivity contribution in [1.29, 1.82) is 0 Å². The molecular weight excluding hydrogens is 318 g/mol. The van der Waals surface area contributed by atoms with Gasteiger partial charge in [-0.2, -0.15) is 5.10 Å². The van der Waals surface area contributed by atoms with Crippen LogP contribution in [-0.4, -0.2) is 16.3 Å². The number of hydrogen-bond acceptors (Lipinski definition) is 2. The van der Waals surface area contributed by atoms with Crippen molar-refractivity contribution < 1.29 is 0 Å². The van der Waals surface area contributed by atoms with Crippen LogP contribution in [0.1, 0.15) is 24.0 Å². The van der Waals surface area contributed by atoms with Crippen molar-refractivity contribution in [2.24, 2.45) is 0 Å². The molecule has 0 aliphatic carbocycles. The van der Waals surface area contributed by atoms with E-state index in [9.17, 15) is 0 Å². The van der Waals surface area contributed by atoms with Gasteiger partial charge in [-0.15, -0.1) is 0 Å². The van der Waals surface area contributed by atoms with Gasteiger partial charge >= 0.3 is 0 Å². The van der Waals surface area contributed by atoms with Gasteiger partial charge in [0.05, 0.1) is 11.4 Å². The largest absolute Gasteiger partial charge is 0.370 e. The summed E-state index contributed by atoms with van der Waals surface area (Å²) in [5.74, 6) is 1.11. The summed E-state index contributed by atoms with van der Waals surface area (Å²) < 4.78 is 2.03. The quantitative estimate of drug-likeness (QED) is 0.692. The number of hydrogen-bond donors (Lipinski definition) is 1. The summed E-state index contributed by atoms with van der Waals surface area (Å²) in [5.41, 5.74) is 5.62. The summed E-state index contributed by atoms with van der Waals surface area (Å²) in [6.07, 6.45) is 3.41. The van der Waals surface area contributed by atoms with Gasteiger partial charge < -0.3 is 5.32 Å². The molecule has 1 aliphatic heterocycles. The summed E-state index contributed by atoms with van der Waals surface area (Å²) in [4.78, 5) is 0. The Morgan fingerprint density at radius 1 is 1.04 bits per heavy atom. The Morgan fingerprint density at radius 3 is 2.71 bits per heavy atom. The highest BCUT2D eigenvalue weighted by Crippen LogP contribution is 2.35. The molecule has 1 N–H and O–H groups in total. The SMILES string of the molecule is Cc1c(Cl)cccc1-n1nc(-c2ccccc2)c2c1NCCCC2. The Labute approximate surface area is 147 Å². The number of nitrogens with one attached hydrogen (secondary N) is 1. The number of benzene rings is 2. The van der Waals surface area contributed by atoms with E-state index >= 15 is 0 Å². The van der Waals surface area contributed by atoms with Crippen LogP contribution >= 0.6 is 11.6 Å². The van der Waals surface area contributed by atoms with Crippen molar-refractivity contribution in [3.8, 4) is 16.9 Å². The lowest BCUT2D eigenvalue weighted by Crippen LogP contribution is -2.08. The van der Waals surface area contributed by atoms with Gasteiger partial charge in [0.25, 0.3) is 0 Å². The van der Waals surface area contributed by atoms with E-state index in [-0.39, 0.29) is 0 Å². The van der Waals surface area contributed by atoms with Crippen LogP contribution < -0.4 is 5.32 Å². The first-order valence-corrected chi connectivity index (χ1v) is 8.80. The average Bonchev–Trinajstić information content (AvgIpc) is 2.79. The fourth-order valence-corrected chi connectivity index (χ4v) is 3.50. The van der Waals surface area contributed by atoms with Gasteiger partial charge in [0.15, 0.2) is 0 Å². The molecule has 0 fully saturated rings. The highest BCUT2D eigenvalue weighted by molar-refractivity contribution is 6.31. The summed E-state index contributed by atoms with van der Waals surface area (Å²) >= 11 is 6.34. The van der Waals surface area contributed by atoms with Crippen molar-refractivity contribution in [2.45, 2.75) is 26.2 Å². The minimum atomic E-state index is 0.770. The molecule has 1 aromatic heterocycles. The molecule has 3 nitrogen and oxygen atoms in total. The molecule has 0 unspecified atom stereocenters. The third-order valence-corrected chi connectivity index (χ3v) is 5.05. The molecule has 0 atom stereocenters. The molecule has 0 saturated carbocycles. The minimum Gasteiger partial charge on any atom is -0.370 e. The topological polar surface area (TPSA) is 29.9 Å². The predicted octanol–water partition coefficient (Wildman–Crippen LogP) is 5.25. The van der Waals surface area contributed by atoms with E-state index in [0.717, 1.165) is 46.3 Å². The van der Waals surface area contributed by atoms with E-state index < -0.39 is 0 Å². The van der Waals surface area contributed by atoms with E-state index in [1.165, 1.54) is 18.4 Å². The Balaban J connectivity index is 1.95. The van der Waals surface area contributed by atoms with Gasteiger partial charge in [0.2, 0.25) is 0 Å². The summed E-state index contributed by atoms with van der Waals surface area (Å²) in [6.45, 7) is 3.02. The Kier molecular flexibility index (Phi) is 4.03. The first-order chi connectivity index (χ1) is 11.8. The van der Waals surface area contributed by atoms with Gasteiger partial charge in [0.1, 0.15) is 5.82 Å². The van der Waals surface area contributed by atoms with Gasteiger partial charge in [0, 0.05) is 22.7 Å². The van der Waals surface area contributed by atoms with Crippen LogP contribution in [0.2, 0.25) is 5.02 Å². The third kappa shape index (κ3) is 2.59. The van der Waals surface area contributed by atoms with E-state index in [1.807, 2.05) is 29.8 Å². The van der Waals surface area contributed by atoms with Crippen molar-refractivity contribution in [1.82, 2.24) is 9.78 Å². The number of anilines is 1. The number of halogens is 1. The molecule has 2 aromatic carbocycles. The van der Waals surface area contributed by atoms with E-state index in [2.05, 4.69) is 35.6 Å². The standard InChI is InChI=1S/C20H20ClN3/c1-14-17(21)11-7-12-18(14)24-20-16(10-5-6-13-22-20)19(23-24)15-8-3-2-4-9-15/h2-4,7-9,11-12,22H,5-6,10,13H2,1H3. The van der Waals surface area contributed by atoms with E-state index in [1.54, 1.807) is 0 Å². The van der Waals surface area contributed by atoms with Crippen LogP contribution in [-0.2, 0) is 6.42 Å². The van der Waals surface area contributed by atoms with Gasteiger partial charge in [-0.3, -0.25) is 0 Å². The maximum Gasteiger partial charge on any atom is 0.133 e. The van der Waals surface area contributed by atoms with Crippen LogP contribution in [0.3, 0.4) is 0 Å². The van der Waals surface area contributed by atoms with Gasteiger partial charge in [-0.1, -0.05) is 48.0 Å². The highest BCUT2D eigenvalue weighted by Gasteiger charge is 2.22. The fourth-order valence-electron chi connectivity index (χ4n) is 3.33. The molecular formula is C20H20ClN3. The summed E-state index contributed by atoms with van der Waals surface area (Å²) in [5, 5.41) is 9.33. The Hall–Kier alpha value is -2.26. The monoisotopic (exact) mass is 337 g/mol. The zero-order valence-electron chi connectivity index (χ0n) is 13.7. The molecule has 24 heavy (non-hydrogen) atoms. The number of fused-ring (bicyclic) bond motifs is 1.